The summed E-state index contributed by atoms with van der Waals surface area (Å²) in [6, 6.07) is 13.2. The van der Waals surface area contributed by atoms with E-state index in [0.717, 1.165) is 16.1 Å². The van der Waals surface area contributed by atoms with Crippen LogP contribution < -0.4 is 20.4 Å². The van der Waals surface area contributed by atoms with Crippen molar-refractivity contribution in [1.82, 2.24) is 10.4 Å². The summed E-state index contributed by atoms with van der Waals surface area (Å²) in [5, 5.41) is 8.59. The Morgan fingerprint density at radius 1 is 1.13 bits per heavy atom. The summed E-state index contributed by atoms with van der Waals surface area (Å²) in [5.41, 5.74) is 5.54. The van der Waals surface area contributed by atoms with Gasteiger partial charge in [-0.3, -0.25) is 9.98 Å². The van der Waals surface area contributed by atoms with E-state index in [1.54, 1.807) is 29.5 Å². The third-order valence-corrected chi connectivity index (χ3v) is 6.42. The highest BCUT2D eigenvalue weighted by Crippen LogP contribution is 2.31. The Bertz CT molecular complexity index is 1200. The van der Waals surface area contributed by atoms with Gasteiger partial charge < -0.3 is 4.74 Å². The minimum Gasteiger partial charge on any atom is -0.497 e. The molecule has 0 bridgehead atoms. The molecule has 1 aliphatic heterocycles. The highest BCUT2D eigenvalue weighted by molar-refractivity contribution is 7.85. The number of aromatic nitrogens is 1. The molecular formula is C19H19N5O4S2. The van der Waals surface area contributed by atoms with E-state index in [4.69, 9.17) is 4.74 Å². The Balaban J connectivity index is 1.76. The van der Waals surface area contributed by atoms with Crippen LogP contribution in [0.15, 0.2) is 58.5 Å². The van der Waals surface area contributed by atoms with E-state index in [1.165, 1.54) is 23.5 Å². The lowest BCUT2D eigenvalue weighted by molar-refractivity contribution is 0.414. The maximum absolute atomic E-state index is 11.4. The average Bonchev–Trinajstić information content (AvgIpc) is 3.31. The predicted octanol–water partition coefficient (Wildman–Crippen LogP) is 3.12. The molecule has 11 heteroatoms. The van der Waals surface area contributed by atoms with Crippen molar-refractivity contribution in [3.8, 4) is 5.75 Å². The number of anilines is 2. The molecule has 1 aliphatic rings. The molecule has 0 amide bonds. The molecule has 30 heavy (non-hydrogen) atoms. The Kier molecular flexibility index (Phi) is 5.10. The first-order chi connectivity index (χ1) is 14.3. The number of benzene rings is 2. The second-order valence-electron chi connectivity index (χ2n) is 6.50. The van der Waals surface area contributed by atoms with Gasteiger partial charge in [0.2, 0.25) is 5.13 Å². The summed E-state index contributed by atoms with van der Waals surface area (Å²) in [6.07, 6.45) is 0. The topological polar surface area (TPSA) is 107 Å². The van der Waals surface area contributed by atoms with Gasteiger partial charge >= 0.3 is 0 Å². The minimum absolute atomic E-state index is 0.192. The Morgan fingerprint density at radius 3 is 2.47 bits per heavy atom. The van der Waals surface area contributed by atoms with Crippen LogP contribution in [0.5, 0.6) is 5.75 Å². The van der Waals surface area contributed by atoms with Gasteiger partial charge in [-0.2, -0.15) is 8.42 Å². The monoisotopic (exact) mass is 445 g/mol. The molecule has 2 heterocycles. The minimum atomic E-state index is -4.28. The van der Waals surface area contributed by atoms with Crippen LogP contribution in [0.25, 0.3) is 0 Å². The van der Waals surface area contributed by atoms with E-state index in [1.807, 2.05) is 38.1 Å². The lowest BCUT2D eigenvalue weighted by Crippen LogP contribution is -2.44. The summed E-state index contributed by atoms with van der Waals surface area (Å²) in [6.45, 7) is 3.92. The van der Waals surface area contributed by atoms with Gasteiger partial charge in [-0.15, -0.1) is 15.3 Å². The zero-order valence-corrected chi connectivity index (χ0v) is 18.0. The maximum atomic E-state index is 11.4. The van der Waals surface area contributed by atoms with Gasteiger partial charge in [-0.1, -0.05) is 23.5 Å². The van der Waals surface area contributed by atoms with Gasteiger partial charge in [-0.25, -0.2) is 4.98 Å². The molecule has 0 saturated carbocycles. The Morgan fingerprint density at radius 2 is 1.87 bits per heavy atom. The smallest absolute Gasteiger partial charge is 0.294 e. The Labute approximate surface area is 177 Å². The van der Waals surface area contributed by atoms with E-state index >= 15 is 0 Å². The van der Waals surface area contributed by atoms with Gasteiger partial charge in [0.25, 0.3) is 10.1 Å². The molecule has 0 aliphatic carbocycles. The second-order valence-corrected chi connectivity index (χ2v) is 9.10. The number of thiazole rings is 1. The number of nitrogens with one attached hydrogen (secondary N) is 1. The fourth-order valence-corrected chi connectivity index (χ4v) is 4.14. The molecule has 0 fully saturated rings. The van der Waals surface area contributed by atoms with Gasteiger partial charge in [-0.05, 0) is 50.2 Å². The largest absolute Gasteiger partial charge is 0.497 e. The van der Waals surface area contributed by atoms with Crippen molar-refractivity contribution in [3.05, 3.63) is 64.7 Å². The fourth-order valence-electron chi connectivity index (χ4n) is 2.80. The molecule has 0 atom stereocenters. The molecular weight excluding hydrogens is 426 g/mol. The highest BCUT2D eigenvalue weighted by Gasteiger charge is 2.29. The fraction of sp³-hybridized carbons (Fsp3) is 0.158. The number of hydrazine groups is 2. The number of hydrogen-bond donors (Lipinski definition) is 2. The number of hydrazone groups is 1. The number of ether oxygens (including phenoxy) is 1. The molecule has 1 aromatic heterocycles. The third-order valence-electron chi connectivity index (χ3n) is 4.50. The number of methoxy groups -OCH3 is 1. The summed E-state index contributed by atoms with van der Waals surface area (Å²) >= 11 is 1.50. The number of aryl methyl sites for hydroxylation is 2. The molecule has 0 spiro atoms. The highest BCUT2D eigenvalue weighted by atomic mass is 32.2. The van der Waals surface area contributed by atoms with E-state index < -0.39 is 10.1 Å². The molecule has 0 radical (unpaired) electrons. The molecule has 2 N–H and O–H groups in total. The Hall–Kier alpha value is -3.15. The van der Waals surface area contributed by atoms with Crippen molar-refractivity contribution >= 4 is 38.1 Å². The van der Waals surface area contributed by atoms with Crippen molar-refractivity contribution in [2.24, 2.45) is 5.10 Å². The molecule has 4 rings (SSSR count). The molecule has 0 saturated heterocycles. The summed E-state index contributed by atoms with van der Waals surface area (Å²) < 4.78 is 37.3. The van der Waals surface area contributed by atoms with Crippen molar-refractivity contribution in [1.29, 1.82) is 0 Å². The summed E-state index contributed by atoms with van der Waals surface area (Å²) in [7, 11) is -2.68. The van der Waals surface area contributed by atoms with Crippen LogP contribution >= 0.6 is 11.3 Å². The normalized spacial score (nSPS) is 13.9. The SMILES string of the molecule is COc1cccc(C2=NN(c3ccc(S(=O)(=O)O)cc3)N(c3nc(C)c(C)s3)N2)c1. The first-order valence-electron chi connectivity index (χ1n) is 8.88. The van der Waals surface area contributed by atoms with Gasteiger partial charge in [0.1, 0.15) is 5.75 Å². The molecule has 2 aromatic carbocycles. The molecule has 3 aromatic rings. The van der Waals surface area contributed by atoms with Gasteiger partial charge in [0.05, 0.1) is 23.4 Å². The zero-order valence-electron chi connectivity index (χ0n) is 16.4. The predicted molar refractivity (Wildman–Crippen MR) is 115 cm³/mol. The second kappa shape index (κ2) is 7.59. The van der Waals surface area contributed by atoms with E-state index in [-0.39, 0.29) is 4.90 Å². The quantitative estimate of drug-likeness (QED) is 0.577. The number of hydrogen-bond acceptors (Lipinski definition) is 9. The molecule has 156 valence electrons. The van der Waals surface area contributed by atoms with Gasteiger partial charge in [0.15, 0.2) is 5.84 Å². The molecule has 0 unspecified atom stereocenters. The third kappa shape index (κ3) is 3.82. The van der Waals surface area contributed by atoms with Crippen LogP contribution in [0.4, 0.5) is 10.8 Å². The number of rotatable bonds is 5. The van der Waals surface area contributed by atoms with Crippen molar-refractivity contribution in [2.45, 2.75) is 18.7 Å². The zero-order chi connectivity index (χ0) is 21.5. The number of amidine groups is 1. The van der Waals surface area contributed by atoms with E-state index in [0.29, 0.717) is 22.4 Å². The lowest BCUT2D eigenvalue weighted by atomic mass is 10.2. The van der Waals surface area contributed by atoms with Crippen LogP contribution in [-0.2, 0) is 10.1 Å². The van der Waals surface area contributed by atoms with Crippen LogP contribution in [0.2, 0.25) is 0 Å². The van der Waals surface area contributed by atoms with Gasteiger partial charge in [0, 0.05) is 10.4 Å². The first-order valence-corrected chi connectivity index (χ1v) is 11.1. The van der Waals surface area contributed by atoms with Crippen molar-refractivity contribution < 1.29 is 17.7 Å². The summed E-state index contributed by atoms with van der Waals surface area (Å²) in [5.74, 6) is 1.26. The standard InChI is InChI=1S/C19H19N5O4S2/c1-12-13(2)29-19(20-12)24-22-18(14-5-4-6-16(11-14)28-3)21-23(24)15-7-9-17(10-8-15)30(25,26)27/h4-11H,1-3H3,(H,21,22)(H,25,26,27). The van der Waals surface area contributed by atoms with Crippen molar-refractivity contribution in [3.63, 3.8) is 0 Å². The molecule has 9 nitrogen and oxygen atoms in total. The first kappa shape index (κ1) is 20.1. The average molecular weight is 446 g/mol. The van der Waals surface area contributed by atoms with Crippen LogP contribution in [0.3, 0.4) is 0 Å². The van der Waals surface area contributed by atoms with Crippen LogP contribution in [0.1, 0.15) is 16.1 Å². The van der Waals surface area contributed by atoms with E-state index in [2.05, 4.69) is 15.5 Å². The lowest BCUT2D eigenvalue weighted by Gasteiger charge is -2.25. The number of nitrogens with zero attached hydrogens (tertiary/aromatic N) is 4. The van der Waals surface area contributed by atoms with Crippen LogP contribution in [-0.4, -0.2) is 30.9 Å². The van der Waals surface area contributed by atoms with Crippen LogP contribution in [0, 0.1) is 13.8 Å². The van der Waals surface area contributed by atoms with Crippen molar-refractivity contribution in [2.75, 3.05) is 17.3 Å². The maximum Gasteiger partial charge on any atom is 0.294 e. The summed E-state index contributed by atoms with van der Waals surface area (Å²) in [4.78, 5) is 5.47. The van der Waals surface area contributed by atoms with E-state index in [9.17, 15) is 13.0 Å².